The molecular weight excluding hydrogens is 311 g/mol. The number of aromatic nitrogens is 4. The lowest BCUT2D eigenvalue weighted by Gasteiger charge is -1.99. The molecule has 2 aromatic carbocycles. The van der Waals surface area contributed by atoms with E-state index in [1.807, 2.05) is 12.1 Å². The maximum Gasteiger partial charge on any atom is 0.234 e. The van der Waals surface area contributed by atoms with E-state index in [9.17, 15) is 4.39 Å². The fourth-order valence-electron chi connectivity index (χ4n) is 2.45. The lowest BCUT2D eigenvalue weighted by atomic mass is 10.1. The van der Waals surface area contributed by atoms with Crippen molar-refractivity contribution in [3.63, 3.8) is 0 Å². The lowest BCUT2D eigenvalue weighted by Crippen LogP contribution is -1.97. The molecule has 0 aliphatic carbocycles. The molecule has 0 aliphatic rings. The van der Waals surface area contributed by atoms with Gasteiger partial charge in [-0.3, -0.25) is 0 Å². The number of hydrogen-bond donors (Lipinski definition) is 0. The quantitative estimate of drug-likeness (QED) is 0.574. The highest BCUT2D eigenvalue weighted by Gasteiger charge is 2.13. The van der Waals surface area contributed by atoms with Crippen LogP contribution in [0.3, 0.4) is 0 Å². The highest BCUT2D eigenvalue weighted by Crippen LogP contribution is 2.26. The smallest absolute Gasteiger partial charge is 0.207 e. The van der Waals surface area contributed by atoms with Gasteiger partial charge in [-0.15, -0.1) is 10.2 Å². The minimum absolute atomic E-state index is 0.240. The van der Waals surface area contributed by atoms with Gasteiger partial charge in [-0.25, -0.2) is 4.39 Å². The van der Waals surface area contributed by atoms with E-state index in [2.05, 4.69) is 34.4 Å². The van der Waals surface area contributed by atoms with Crippen molar-refractivity contribution in [2.24, 2.45) is 0 Å². The van der Waals surface area contributed by atoms with Crippen LogP contribution in [0.1, 0.15) is 17.0 Å². The average Bonchev–Trinajstić information content (AvgIpc) is 3.11. The Morgan fingerprint density at radius 3 is 2.70 bits per heavy atom. The van der Waals surface area contributed by atoms with Crippen LogP contribution >= 0.6 is 11.3 Å². The molecule has 0 bridgehead atoms. The van der Waals surface area contributed by atoms with Crippen LogP contribution < -0.4 is 0 Å². The van der Waals surface area contributed by atoms with Gasteiger partial charge in [-0.05, 0) is 30.7 Å². The third-order valence-corrected chi connectivity index (χ3v) is 4.54. The molecule has 0 amide bonds. The van der Waals surface area contributed by atoms with Crippen LogP contribution in [-0.2, 0) is 6.42 Å². The zero-order valence-electron chi connectivity index (χ0n) is 12.4. The molecule has 0 fully saturated rings. The summed E-state index contributed by atoms with van der Waals surface area (Å²) in [7, 11) is 0. The molecule has 4 aromatic rings. The second-order valence-electron chi connectivity index (χ2n) is 5.39. The van der Waals surface area contributed by atoms with Gasteiger partial charge < -0.3 is 0 Å². The molecule has 0 saturated carbocycles. The van der Waals surface area contributed by atoms with E-state index in [1.54, 1.807) is 16.6 Å². The van der Waals surface area contributed by atoms with E-state index in [0.29, 0.717) is 6.42 Å². The molecule has 0 aliphatic heterocycles. The Morgan fingerprint density at radius 1 is 1.09 bits per heavy atom. The van der Waals surface area contributed by atoms with Crippen molar-refractivity contribution >= 4 is 16.3 Å². The summed E-state index contributed by atoms with van der Waals surface area (Å²) < 4.78 is 14.8. The topological polar surface area (TPSA) is 43.1 Å². The van der Waals surface area contributed by atoms with Crippen LogP contribution in [0.15, 0.2) is 48.5 Å². The normalized spacial score (nSPS) is 11.2. The lowest BCUT2D eigenvalue weighted by molar-refractivity contribution is 0.627. The molecule has 2 aromatic heterocycles. The minimum atomic E-state index is -0.240. The summed E-state index contributed by atoms with van der Waals surface area (Å²) in [4.78, 5) is 0.763. The third kappa shape index (κ3) is 2.73. The summed E-state index contributed by atoms with van der Waals surface area (Å²) in [5.41, 5.74) is 3.25. The molecule has 0 N–H and O–H groups in total. The van der Waals surface area contributed by atoms with Gasteiger partial charge in [0.15, 0.2) is 5.82 Å². The monoisotopic (exact) mass is 324 g/mol. The van der Waals surface area contributed by atoms with E-state index in [1.165, 1.54) is 29.0 Å². The second kappa shape index (κ2) is 5.55. The second-order valence-corrected chi connectivity index (χ2v) is 6.35. The first-order valence-electron chi connectivity index (χ1n) is 7.22. The maximum atomic E-state index is 13.0. The van der Waals surface area contributed by atoms with Crippen molar-refractivity contribution in [1.29, 1.82) is 0 Å². The summed E-state index contributed by atoms with van der Waals surface area (Å²) >= 11 is 1.51. The molecule has 6 heteroatoms. The van der Waals surface area contributed by atoms with Crippen molar-refractivity contribution in [3.8, 4) is 10.6 Å². The highest BCUT2D eigenvalue weighted by molar-refractivity contribution is 7.19. The number of fused-ring (bicyclic) bond motifs is 1. The maximum absolute atomic E-state index is 13.0. The van der Waals surface area contributed by atoms with Crippen molar-refractivity contribution in [3.05, 3.63) is 71.3 Å². The molecule has 0 atom stereocenters. The highest BCUT2D eigenvalue weighted by atomic mass is 32.1. The van der Waals surface area contributed by atoms with Crippen molar-refractivity contribution in [2.45, 2.75) is 13.3 Å². The SMILES string of the molecule is Cc1cccc(-c2nn3c(Cc4ccc(F)cc4)nnc3s2)c1. The first kappa shape index (κ1) is 14.0. The van der Waals surface area contributed by atoms with Gasteiger partial charge in [-0.1, -0.05) is 47.2 Å². The van der Waals surface area contributed by atoms with Crippen molar-refractivity contribution < 1.29 is 4.39 Å². The van der Waals surface area contributed by atoms with Crippen LogP contribution in [0, 0.1) is 12.7 Å². The molecule has 4 nitrogen and oxygen atoms in total. The molecular formula is C17H13FN4S. The Balaban J connectivity index is 1.70. The van der Waals surface area contributed by atoms with Gasteiger partial charge in [0.1, 0.15) is 10.8 Å². The van der Waals surface area contributed by atoms with E-state index in [4.69, 9.17) is 0 Å². The van der Waals surface area contributed by atoms with Crippen LogP contribution in [0.2, 0.25) is 0 Å². The Kier molecular flexibility index (Phi) is 3.38. The zero-order chi connectivity index (χ0) is 15.8. The fraction of sp³-hybridized carbons (Fsp3) is 0.118. The first-order valence-corrected chi connectivity index (χ1v) is 8.03. The number of nitrogens with zero attached hydrogens (tertiary/aromatic N) is 4. The molecule has 0 unspecified atom stereocenters. The molecule has 23 heavy (non-hydrogen) atoms. The Morgan fingerprint density at radius 2 is 1.91 bits per heavy atom. The van der Waals surface area contributed by atoms with Crippen LogP contribution in [0.4, 0.5) is 4.39 Å². The van der Waals surface area contributed by atoms with Gasteiger partial charge in [-0.2, -0.15) is 9.61 Å². The summed E-state index contributed by atoms with van der Waals surface area (Å²) in [6, 6.07) is 14.6. The number of rotatable bonds is 3. The van der Waals surface area contributed by atoms with Crippen molar-refractivity contribution in [1.82, 2.24) is 19.8 Å². The molecule has 0 spiro atoms. The summed E-state index contributed by atoms with van der Waals surface area (Å²) in [6.45, 7) is 2.06. The van der Waals surface area contributed by atoms with Gasteiger partial charge in [0.25, 0.3) is 0 Å². The van der Waals surface area contributed by atoms with Crippen LogP contribution in [0.5, 0.6) is 0 Å². The van der Waals surface area contributed by atoms with E-state index < -0.39 is 0 Å². The summed E-state index contributed by atoms with van der Waals surface area (Å²) in [5, 5.41) is 13.9. The Labute approximate surface area is 136 Å². The number of halogens is 1. The number of benzene rings is 2. The minimum Gasteiger partial charge on any atom is -0.207 e. The number of hydrogen-bond acceptors (Lipinski definition) is 4. The van der Waals surface area contributed by atoms with Gasteiger partial charge in [0, 0.05) is 12.0 Å². The van der Waals surface area contributed by atoms with E-state index in [0.717, 1.165) is 26.9 Å². The van der Waals surface area contributed by atoms with Crippen molar-refractivity contribution in [2.75, 3.05) is 0 Å². The molecule has 2 heterocycles. The largest absolute Gasteiger partial charge is 0.234 e. The first-order chi connectivity index (χ1) is 11.2. The molecule has 4 rings (SSSR count). The third-order valence-electron chi connectivity index (χ3n) is 3.60. The Hall–Kier alpha value is -2.60. The molecule has 114 valence electrons. The average molecular weight is 324 g/mol. The molecule has 0 saturated heterocycles. The molecule has 0 radical (unpaired) electrons. The summed E-state index contributed by atoms with van der Waals surface area (Å²) in [5.74, 6) is 0.511. The van der Waals surface area contributed by atoms with Crippen LogP contribution in [0.25, 0.3) is 15.5 Å². The summed E-state index contributed by atoms with van der Waals surface area (Å²) in [6.07, 6.45) is 0.568. The number of aryl methyl sites for hydroxylation is 1. The van der Waals surface area contributed by atoms with Gasteiger partial charge in [0.05, 0.1) is 0 Å². The Bertz CT molecular complexity index is 972. The van der Waals surface area contributed by atoms with Crippen LogP contribution in [-0.4, -0.2) is 19.8 Å². The van der Waals surface area contributed by atoms with E-state index >= 15 is 0 Å². The van der Waals surface area contributed by atoms with Gasteiger partial charge >= 0.3 is 0 Å². The standard InChI is InChI=1S/C17H13FN4S/c1-11-3-2-4-13(9-11)16-21-22-15(19-20-17(22)23-16)10-12-5-7-14(18)8-6-12/h2-9H,10H2,1H3. The van der Waals surface area contributed by atoms with E-state index in [-0.39, 0.29) is 5.82 Å². The predicted octanol–water partition coefficient (Wildman–Crippen LogP) is 3.89. The zero-order valence-corrected chi connectivity index (χ0v) is 13.2. The fourth-order valence-corrected chi connectivity index (χ4v) is 3.30. The van der Waals surface area contributed by atoms with Gasteiger partial charge in [0.2, 0.25) is 4.96 Å². The predicted molar refractivity (Wildman–Crippen MR) is 88.0 cm³/mol.